The average molecular weight is 288 g/mol. The summed E-state index contributed by atoms with van der Waals surface area (Å²) in [5.41, 5.74) is 0.937. The van der Waals surface area contributed by atoms with Crippen molar-refractivity contribution in [3.8, 4) is 0 Å². The molecule has 0 aromatic heterocycles. The number of carbonyl (C=O) groups is 1. The number of carbonyl (C=O) groups excluding carboxylic acids is 1. The first-order valence-electron chi connectivity index (χ1n) is 5.07. The van der Waals surface area contributed by atoms with Crippen LogP contribution < -0.4 is 0 Å². The molecule has 16 heavy (non-hydrogen) atoms. The number of aryl methyl sites for hydroxylation is 1. The van der Waals surface area contributed by atoms with Crippen molar-refractivity contribution in [3.05, 3.63) is 35.1 Å². The molecular formula is C12H15BrFNO. The number of hydrogen-bond donors (Lipinski definition) is 0. The van der Waals surface area contributed by atoms with E-state index in [0.29, 0.717) is 6.54 Å². The fourth-order valence-electron chi connectivity index (χ4n) is 1.46. The van der Waals surface area contributed by atoms with Crippen LogP contribution in [0.15, 0.2) is 18.2 Å². The molecule has 0 fully saturated rings. The number of rotatable bonds is 3. The van der Waals surface area contributed by atoms with Crippen molar-refractivity contribution in [2.75, 3.05) is 13.6 Å². The lowest BCUT2D eigenvalue weighted by atomic mass is 10.1. The highest BCUT2D eigenvalue weighted by atomic mass is 79.9. The van der Waals surface area contributed by atoms with Gasteiger partial charge in [-0.1, -0.05) is 28.9 Å². The van der Waals surface area contributed by atoms with Crippen molar-refractivity contribution in [1.29, 1.82) is 0 Å². The summed E-state index contributed by atoms with van der Waals surface area (Å²) in [5, 5.41) is 0. The lowest BCUT2D eigenvalue weighted by Crippen LogP contribution is -2.31. The van der Waals surface area contributed by atoms with Gasteiger partial charge in [-0.25, -0.2) is 4.39 Å². The van der Waals surface area contributed by atoms with Crippen LogP contribution >= 0.6 is 15.9 Å². The Hall–Kier alpha value is -0.900. The molecular weight excluding hydrogens is 273 g/mol. The zero-order valence-corrected chi connectivity index (χ0v) is 11.2. The van der Waals surface area contributed by atoms with Gasteiger partial charge in [-0.3, -0.25) is 4.79 Å². The number of amides is 1. The molecule has 4 heteroatoms. The maximum Gasteiger partial charge on any atom is 0.256 e. The van der Waals surface area contributed by atoms with Crippen molar-refractivity contribution in [2.24, 2.45) is 0 Å². The lowest BCUT2D eigenvalue weighted by Gasteiger charge is -2.19. The van der Waals surface area contributed by atoms with E-state index in [-0.39, 0.29) is 16.3 Å². The second-order valence-electron chi connectivity index (χ2n) is 3.95. The molecule has 2 nitrogen and oxygen atoms in total. The van der Waals surface area contributed by atoms with Crippen LogP contribution in [-0.4, -0.2) is 29.2 Å². The van der Waals surface area contributed by atoms with Crippen molar-refractivity contribution < 1.29 is 9.18 Å². The molecule has 1 aromatic carbocycles. The maximum absolute atomic E-state index is 13.5. The Morgan fingerprint density at radius 3 is 2.69 bits per heavy atom. The summed E-state index contributed by atoms with van der Waals surface area (Å²) in [7, 11) is 1.67. The molecule has 0 saturated carbocycles. The van der Waals surface area contributed by atoms with E-state index in [0.717, 1.165) is 5.56 Å². The van der Waals surface area contributed by atoms with Gasteiger partial charge in [-0.05, 0) is 24.6 Å². The van der Waals surface area contributed by atoms with E-state index in [4.69, 9.17) is 0 Å². The highest BCUT2D eigenvalue weighted by molar-refractivity contribution is 9.09. The molecule has 1 rings (SSSR count). The summed E-state index contributed by atoms with van der Waals surface area (Å²) < 4.78 is 13.5. The molecule has 0 aliphatic rings. The Morgan fingerprint density at radius 1 is 1.56 bits per heavy atom. The molecule has 0 spiro atoms. The molecule has 1 atom stereocenters. The minimum atomic E-state index is -0.459. The van der Waals surface area contributed by atoms with Crippen LogP contribution in [0.3, 0.4) is 0 Å². The molecule has 1 aromatic rings. The van der Waals surface area contributed by atoms with Gasteiger partial charge in [0.05, 0.1) is 5.56 Å². The number of nitrogens with zero attached hydrogens (tertiary/aromatic N) is 1. The first-order valence-corrected chi connectivity index (χ1v) is 5.99. The van der Waals surface area contributed by atoms with Crippen LogP contribution in [0.5, 0.6) is 0 Å². The van der Waals surface area contributed by atoms with E-state index in [1.807, 2.05) is 6.92 Å². The SMILES string of the molecule is Cc1ccc(C(=O)N(C)CC(C)Br)c(F)c1. The molecule has 1 amide bonds. The van der Waals surface area contributed by atoms with E-state index < -0.39 is 5.82 Å². The summed E-state index contributed by atoms with van der Waals surface area (Å²) in [6.45, 7) is 4.28. The third-order valence-electron chi connectivity index (χ3n) is 2.23. The Balaban J connectivity index is 2.88. The monoisotopic (exact) mass is 287 g/mol. The zero-order valence-electron chi connectivity index (χ0n) is 9.63. The summed E-state index contributed by atoms with van der Waals surface area (Å²) in [6.07, 6.45) is 0. The number of benzene rings is 1. The Bertz CT molecular complexity index is 393. The molecule has 0 bridgehead atoms. The third-order valence-corrected chi connectivity index (χ3v) is 2.52. The van der Waals surface area contributed by atoms with Crippen molar-refractivity contribution in [1.82, 2.24) is 4.90 Å². The molecule has 88 valence electrons. The maximum atomic E-state index is 13.5. The van der Waals surface area contributed by atoms with Gasteiger partial charge in [-0.15, -0.1) is 0 Å². The molecule has 0 aliphatic heterocycles. The number of halogens is 2. The molecule has 1 unspecified atom stereocenters. The first kappa shape index (κ1) is 13.2. The van der Waals surface area contributed by atoms with Crippen LogP contribution in [0.25, 0.3) is 0 Å². The minimum Gasteiger partial charge on any atom is -0.341 e. The number of hydrogen-bond acceptors (Lipinski definition) is 1. The Kier molecular flexibility index (Phi) is 4.47. The highest BCUT2D eigenvalue weighted by Gasteiger charge is 2.16. The quantitative estimate of drug-likeness (QED) is 0.783. The van der Waals surface area contributed by atoms with Crippen LogP contribution in [0.4, 0.5) is 4.39 Å². The topological polar surface area (TPSA) is 20.3 Å². The summed E-state index contributed by atoms with van der Waals surface area (Å²) in [4.78, 5) is 13.6. The van der Waals surface area contributed by atoms with Crippen molar-refractivity contribution in [2.45, 2.75) is 18.7 Å². The van der Waals surface area contributed by atoms with Crippen LogP contribution in [-0.2, 0) is 0 Å². The fraction of sp³-hybridized carbons (Fsp3) is 0.417. The predicted octanol–water partition coefficient (Wildman–Crippen LogP) is 2.99. The Labute approximate surface area is 104 Å². The minimum absolute atomic E-state index is 0.126. The largest absolute Gasteiger partial charge is 0.341 e. The first-order chi connectivity index (χ1) is 7.41. The average Bonchev–Trinajstić information content (AvgIpc) is 2.15. The zero-order chi connectivity index (χ0) is 12.3. The normalized spacial score (nSPS) is 12.3. The summed E-state index contributed by atoms with van der Waals surface area (Å²) >= 11 is 3.36. The Morgan fingerprint density at radius 2 is 2.19 bits per heavy atom. The summed E-state index contributed by atoms with van der Waals surface area (Å²) in [5.74, 6) is -0.747. The van der Waals surface area contributed by atoms with E-state index in [2.05, 4.69) is 15.9 Å². The van der Waals surface area contributed by atoms with Gasteiger partial charge in [-0.2, -0.15) is 0 Å². The van der Waals surface area contributed by atoms with Gasteiger partial charge in [0.25, 0.3) is 5.91 Å². The van der Waals surface area contributed by atoms with E-state index in [9.17, 15) is 9.18 Å². The van der Waals surface area contributed by atoms with Gasteiger partial charge < -0.3 is 4.90 Å². The smallest absolute Gasteiger partial charge is 0.256 e. The van der Waals surface area contributed by atoms with E-state index in [1.54, 1.807) is 20.0 Å². The molecule has 0 saturated heterocycles. The van der Waals surface area contributed by atoms with Gasteiger partial charge in [0.2, 0.25) is 0 Å². The van der Waals surface area contributed by atoms with Crippen molar-refractivity contribution in [3.63, 3.8) is 0 Å². The van der Waals surface area contributed by atoms with Crippen molar-refractivity contribution >= 4 is 21.8 Å². The van der Waals surface area contributed by atoms with Crippen LogP contribution in [0.1, 0.15) is 22.8 Å². The predicted molar refractivity (Wildman–Crippen MR) is 66.5 cm³/mol. The van der Waals surface area contributed by atoms with E-state index in [1.165, 1.54) is 17.0 Å². The van der Waals surface area contributed by atoms with Gasteiger partial charge in [0.15, 0.2) is 0 Å². The lowest BCUT2D eigenvalue weighted by molar-refractivity contribution is 0.0793. The van der Waals surface area contributed by atoms with Gasteiger partial charge in [0, 0.05) is 18.4 Å². The highest BCUT2D eigenvalue weighted by Crippen LogP contribution is 2.13. The second-order valence-corrected chi connectivity index (χ2v) is 5.51. The molecule has 0 aliphatic carbocycles. The standard InChI is InChI=1S/C12H15BrFNO/c1-8-4-5-10(11(14)6-8)12(16)15(3)7-9(2)13/h4-6,9H,7H2,1-3H3. The fourth-order valence-corrected chi connectivity index (χ4v) is 1.89. The molecule has 0 radical (unpaired) electrons. The van der Waals surface area contributed by atoms with Gasteiger partial charge >= 0.3 is 0 Å². The van der Waals surface area contributed by atoms with E-state index >= 15 is 0 Å². The summed E-state index contributed by atoms with van der Waals surface area (Å²) in [6, 6.07) is 4.64. The molecule has 0 N–H and O–H groups in total. The molecule has 0 heterocycles. The van der Waals surface area contributed by atoms with Crippen LogP contribution in [0.2, 0.25) is 0 Å². The number of alkyl halides is 1. The van der Waals surface area contributed by atoms with Crippen LogP contribution in [0, 0.1) is 12.7 Å². The second kappa shape index (κ2) is 5.43. The third kappa shape index (κ3) is 3.30. The van der Waals surface area contributed by atoms with Gasteiger partial charge in [0.1, 0.15) is 5.82 Å².